The van der Waals surface area contributed by atoms with Gasteiger partial charge in [-0.15, -0.1) is 35.1 Å². The second-order valence-electron chi connectivity index (χ2n) is 9.00. The van der Waals surface area contributed by atoms with Crippen LogP contribution < -0.4 is 39.0 Å². The smallest absolute Gasteiger partial charge is 1.00 e. The van der Waals surface area contributed by atoms with Crippen molar-refractivity contribution in [1.29, 1.82) is 0 Å². The fraction of sp³-hybridized carbons (Fsp3) is 0.167. The first-order valence-corrected chi connectivity index (χ1v) is 16.9. The van der Waals surface area contributed by atoms with Gasteiger partial charge >= 0.3 is 29.6 Å². The molecule has 1 N–H and O–H groups in total. The zero-order valence-corrected chi connectivity index (χ0v) is 29.9. The Bertz CT molecular complexity index is 1790. The van der Waals surface area contributed by atoms with Gasteiger partial charge in [-0.25, -0.2) is 0 Å². The summed E-state index contributed by atoms with van der Waals surface area (Å²) in [4.78, 5) is 2.61. The number of phenols is 1. The zero-order valence-electron chi connectivity index (χ0n) is 26.5. The molecule has 0 saturated carbocycles. The molecule has 0 fully saturated rings. The number of ether oxygens (including phenoxy) is 2. The average molecular weight is 684 g/mol. The van der Waals surface area contributed by atoms with Gasteiger partial charge in [0.25, 0.3) is 0 Å². The van der Waals surface area contributed by atoms with Crippen molar-refractivity contribution in [3.05, 3.63) is 138 Å². The predicted octanol–water partition coefficient (Wildman–Crippen LogP) is 8.87. The van der Waals surface area contributed by atoms with Gasteiger partial charge in [-0.2, -0.15) is 0 Å². The molecular weight excluding hydrogens is 645 g/mol. The Kier molecular flexibility index (Phi) is 21.3. The van der Waals surface area contributed by atoms with E-state index in [-0.39, 0.29) is 45.1 Å². The fourth-order valence-electron chi connectivity index (χ4n) is 3.95. The molecule has 6 aromatic rings. The van der Waals surface area contributed by atoms with Crippen molar-refractivity contribution in [2.45, 2.75) is 7.43 Å². The molecule has 0 saturated heterocycles. The number of phenolic OH excluding ortho intramolecular Hbond substituents is 1. The minimum absolute atomic E-state index is 0. The topological polar surface area (TPSA) is 87.5 Å². The third kappa shape index (κ3) is 14.5. The van der Waals surface area contributed by atoms with Crippen molar-refractivity contribution >= 4 is 67.4 Å². The summed E-state index contributed by atoms with van der Waals surface area (Å²) < 4.78 is 10.8. The summed E-state index contributed by atoms with van der Waals surface area (Å²) in [6.45, 7) is 0.0227. The second-order valence-corrected chi connectivity index (χ2v) is 11.3. The Hall–Kier alpha value is -3.20. The summed E-state index contributed by atoms with van der Waals surface area (Å²) in [5, 5.41) is 20.1. The normalized spacial score (nSPS) is 9.37. The third-order valence-corrected chi connectivity index (χ3v) is 7.21. The maximum atomic E-state index is 9.13. The third-order valence-electron chi connectivity index (χ3n) is 5.98. The molecule has 236 valence electrons. The van der Waals surface area contributed by atoms with Crippen LogP contribution in [-0.4, -0.2) is 35.5 Å². The first kappa shape index (κ1) is 40.8. The Labute approximate surface area is 308 Å². The SMILES string of the molecule is C.CSCCl.CSCOc1ccc2ccccc2c1.Oc1ccc2ccccc2c1.[H-].[N-]=[N+]=NCOc1ccc2ccccc2c1.[Na+]. The van der Waals surface area contributed by atoms with Crippen LogP contribution >= 0.6 is 35.1 Å². The zero-order chi connectivity index (χ0) is 31.4. The van der Waals surface area contributed by atoms with E-state index in [0.717, 1.165) is 27.3 Å². The van der Waals surface area contributed by atoms with Crippen molar-refractivity contribution in [2.75, 3.05) is 30.4 Å². The molecule has 6 nitrogen and oxygen atoms in total. The maximum absolute atomic E-state index is 9.13. The molecule has 0 amide bonds. The van der Waals surface area contributed by atoms with Gasteiger partial charge in [-0.05, 0) is 86.8 Å². The molecule has 10 heteroatoms. The largest absolute Gasteiger partial charge is 1.00 e. The Balaban J connectivity index is 0.000000625. The van der Waals surface area contributed by atoms with E-state index in [2.05, 4.69) is 34.3 Å². The van der Waals surface area contributed by atoms with Gasteiger partial charge in [0.15, 0.2) is 6.73 Å². The van der Waals surface area contributed by atoms with E-state index in [0.29, 0.717) is 22.6 Å². The predicted molar refractivity (Wildman–Crippen MR) is 199 cm³/mol. The van der Waals surface area contributed by atoms with Gasteiger partial charge in [0.1, 0.15) is 23.2 Å². The first-order valence-electron chi connectivity index (χ1n) is 13.5. The monoisotopic (exact) mass is 683 g/mol. The van der Waals surface area contributed by atoms with Gasteiger partial charge < -0.3 is 16.0 Å². The Morgan fingerprint density at radius 1 is 0.674 bits per heavy atom. The molecule has 0 heterocycles. The Morgan fingerprint density at radius 3 is 1.52 bits per heavy atom. The first-order chi connectivity index (χ1) is 21.6. The van der Waals surface area contributed by atoms with Crippen molar-refractivity contribution in [3.8, 4) is 17.2 Å². The number of rotatable bonds is 7. The summed E-state index contributed by atoms with van der Waals surface area (Å²) in [6, 6.07) is 41.5. The molecule has 46 heavy (non-hydrogen) atoms. The van der Waals surface area contributed by atoms with Crippen molar-refractivity contribution in [2.24, 2.45) is 5.11 Å². The van der Waals surface area contributed by atoms with Gasteiger partial charge in [0.05, 0.1) is 5.21 Å². The van der Waals surface area contributed by atoms with E-state index in [9.17, 15) is 0 Å². The molecule has 0 unspecified atom stereocenters. The summed E-state index contributed by atoms with van der Waals surface area (Å²) in [7, 11) is 0. The molecule has 0 aromatic heterocycles. The summed E-state index contributed by atoms with van der Waals surface area (Å²) in [5.74, 6) is 2.68. The number of benzene rings is 6. The summed E-state index contributed by atoms with van der Waals surface area (Å²) >= 11 is 8.45. The molecule has 0 aliphatic carbocycles. The molecule has 0 aliphatic heterocycles. The molecule has 0 spiro atoms. The van der Waals surface area contributed by atoms with Crippen molar-refractivity contribution < 1.29 is 45.6 Å². The number of hydrogen-bond acceptors (Lipinski definition) is 6. The van der Waals surface area contributed by atoms with E-state index < -0.39 is 0 Å². The fourth-order valence-corrected chi connectivity index (χ4v) is 4.20. The molecule has 0 bridgehead atoms. The summed E-state index contributed by atoms with van der Waals surface area (Å²) in [6.07, 6.45) is 3.99. The van der Waals surface area contributed by atoms with Crippen LogP contribution in [-0.2, 0) is 0 Å². The molecular formula is C36H39ClN3NaO3S2. The standard InChI is InChI=1S/C12H12OS.C11H9N3O.C10H8O.C2H5ClS.CH4.Na.H/c1-14-9-13-12-7-6-10-4-2-3-5-11(10)8-12;12-14-13-8-15-11-6-5-9-3-1-2-4-10(9)7-11;11-10-6-5-8-3-1-2-4-9(8)7-10;1-4-2-3;;;/h2-8H,9H2,1H3;1-7H,8H2;1-7,11H;2H2,1H3;1H4;;/q;;;;;+1;-1. The summed E-state index contributed by atoms with van der Waals surface area (Å²) in [5.41, 5.74) is 8.09. The second kappa shape index (κ2) is 24.0. The van der Waals surface area contributed by atoms with Crippen LogP contribution in [0.1, 0.15) is 8.85 Å². The minimum atomic E-state index is 0. The molecule has 0 radical (unpaired) electrons. The maximum Gasteiger partial charge on any atom is 1.00 e. The van der Waals surface area contributed by atoms with E-state index >= 15 is 0 Å². The van der Waals surface area contributed by atoms with Crippen LogP contribution in [0.2, 0.25) is 0 Å². The van der Waals surface area contributed by atoms with E-state index in [4.69, 9.17) is 31.7 Å². The number of aromatic hydroxyl groups is 1. The van der Waals surface area contributed by atoms with E-state index in [1.54, 1.807) is 35.7 Å². The molecule has 0 atom stereocenters. The van der Waals surface area contributed by atoms with Crippen LogP contribution in [0.4, 0.5) is 0 Å². The molecule has 6 rings (SSSR count). The van der Waals surface area contributed by atoms with Gasteiger partial charge in [0, 0.05) is 4.91 Å². The quantitative estimate of drug-likeness (QED) is 0.0454. The van der Waals surface area contributed by atoms with Gasteiger partial charge in [-0.1, -0.05) is 104 Å². The number of alkyl halides is 1. The number of azide groups is 1. The number of nitrogens with zero attached hydrogens (tertiary/aromatic N) is 3. The number of hydrogen-bond donors (Lipinski definition) is 1. The molecule has 0 aliphatic rings. The minimum Gasteiger partial charge on any atom is -1.00 e. The van der Waals surface area contributed by atoms with Crippen LogP contribution in [0.3, 0.4) is 0 Å². The number of fused-ring (bicyclic) bond motifs is 3. The van der Waals surface area contributed by atoms with Crippen molar-refractivity contribution in [3.63, 3.8) is 0 Å². The number of thioether (sulfide) groups is 2. The van der Waals surface area contributed by atoms with Crippen LogP contribution in [0.5, 0.6) is 17.2 Å². The van der Waals surface area contributed by atoms with Crippen molar-refractivity contribution in [1.82, 2.24) is 0 Å². The van der Waals surface area contributed by atoms with E-state index in [1.807, 2.05) is 104 Å². The van der Waals surface area contributed by atoms with Crippen LogP contribution in [0, 0.1) is 0 Å². The van der Waals surface area contributed by atoms with Crippen LogP contribution in [0.25, 0.3) is 42.8 Å². The molecule has 6 aromatic carbocycles. The Morgan fingerprint density at radius 2 is 1.09 bits per heavy atom. The van der Waals surface area contributed by atoms with Crippen LogP contribution in [0.15, 0.2) is 133 Å². The number of halogens is 1. The van der Waals surface area contributed by atoms with Gasteiger partial charge in [0.2, 0.25) is 0 Å². The van der Waals surface area contributed by atoms with Gasteiger partial charge in [-0.3, -0.25) is 0 Å². The average Bonchev–Trinajstić information content (AvgIpc) is 3.08. The van der Waals surface area contributed by atoms with E-state index in [1.165, 1.54) is 10.8 Å².